The van der Waals surface area contributed by atoms with Crippen LogP contribution in [0.25, 0.3) is 11.0 Å². The van der Waals surface area contributed by atoms with Crippen molar-refractivity contribution in [3.05, 3.63) is 59.1 Å². The third-order valence-electron chi connectivity index (χ3n) is 5.57. The van der Waals surface area contributed by atoms with Gasteiger partial charge >= 0.3 is 6.09 Å². The lowest BCUT2D eigenvalue weighted by Crippen LogP contribution is -2.40. The molecule has 4 rings (SSSR count). The molecular formula is C26H31N3O5. The fraction of sp³-hybridized carbons (Fsp3) is 0.423. The summed E-state index contributed by atoms with van der Waals surface area (Å²) in [7, 11) is 0. The Hall–Kier alpha value is -3.55. The molecule has 3 aromatic rings. The van der Waals surface area contributed by atoms with Gasteiger partial charge in [-0.3, -0.25) is 9.78 Å². The van der Waals surface area contributed by atoms with E-state index in [-0.39, 0.29) is 18.0 Å². The summed E-state index contributed by atoms with van der Waals surface area (Å²) in [5, 5.41) is 3.73. The molecule has 2 aromatic heterocycles. The minimum atomic E-state index is -0.555. The van der Waals surface area contributed by atoms with Crippen molar-refractivity contribution in [1.29, 1.82) is 0 Å². The number of pyridine rings is 1. The van der Waals surface area contributed by atoms with Gasteiger partial charge in [-0.05, 0) is 71.4 Å². The van der Waals surface area contributed by atoms with E-state index in [2.05, 4.69) is 10.3 Å². The van der Waals surface area contributed by atoms with Crippen LogP contribution >= 0.6 is 0 Å². The number of likely N-dealkylation sites (tertiary alicyclic amines) is 1. The molecule has 3 heterocycles. The number of amides is 2. The molecule has 1 atom stereocenters. The maximum atomic E-state index is 13.2. The van der Waals surface area contributed by atoms with E-state index in [1.807, 2.05) is 58.0 Å². The highest BCUT2D eigenvalue weighted by Gasteiger charge is 2.31. The summed E-state index contributed by atoms with van der Waals surface area (Å²) in [4.78, 5) is 31.6. The molecule has 1 saturated heterocycles. The number of nitrogens with zero attached hydrogens (tertiary/aromatic N) is 2. The topological polar surface area (TPSA) is 93.9 Å². The van der Waals surface area contributed by atoms with E-state index >= 15 is 0 Å². The van der Waals surface area contributed by atoms with E-state index in [9.17, 15) is 9.59 Å². The quantitative estimate of drug-likeness (QED) is 0.584. The molecule has 1 aliphatic rings. The van der Waals surface area contributed by atoms with Gasteiger partial charge in [0.2, 0.25) is 0 Å². The molecular weight excluding hydrogens is 434 g/mol. The summed E-state index contributed by atoms with van der Waals surface area (Å²) in [5.74, 6) is 0.930. The van der Waals surface area contributed by atoms with E-state index in [0.29, 0.717) is 54.2 Å². The number of aromatic nitrogens is 1. The minimum absolute atomic E-state index is 0.156. The molecule has 8 nitrogen and oxygen atoms in total. The van der Waals surface area contributed by atoms with Gasteiger partial charge in [0, 0.05) is 30.2 Å². The second-order valence-electron chi connectivity index (χ2n) is 9.64. The fourth-order valence-corrected chi connectivity index (χ4v) is 4.04. The third kappa shape index (κ3) is 5.50. The summed E-state index contributed by atoms with van der Waals surface area (Å²) < 4.78 is 17.2. The van der Waals surface area contributed by atoms with Crippen molar-refractivity contribution in [2.45, 2.75) is 59.3 Å². The minimum Gasteiger partial charge on any atom is -0.487 e. The van der Waals surface area contributed by atoms with Crippen molar-refractivity contribution in [3.63, 3.8) is 0 Å². The van der Waals surface area contributed by atoms with Crippen LogP contribution in [0.3, 0.4) is 0 Å². The Morgan fingerprint density at radius 2 is 2.00 bits per heavy atom. The number of aryl methyl sites for hydroxylation is 2. The number of hydrogen-bond acceptors (Lipinski definition) is 6. The van der Waals surface area contributed by atoms with Crippen LogP contribution in [0.2, 0.25) is 0 Å². The van der Waals surface area contributed by atoms with Crippen LogP contribution in [-0.2, 0) is 11.3 Å². The predicted octanol–water partition coefficient (Wildman–Crippen LogP) is 4.76. The van der Waals surface area contributed by atoms with E-state index in [1.165, 1.54) is 0 Å². The first-order valence-electron chi connectivity index (χ1n) is 11.5. The monoisotopic (exact) mass is 465 g/mol. The van der Waals surface area contributed by atoms with Gasteiger partial charge < -0.3 is 24.1 Å². The molecule has 8 heteroatoms. The van der Waals surface area contributed by atoms with Crippen LogP contribution in [0.5, 0.6) is 5.75 Å². The van der Waals surface area contributed by atoms with E-state index in [4.69, 9.17) is 13.9 Å². The Kier molecular flexibility index (Phi) is 6.50. The molecule has 1 aliphatic heterocycles. The predicted molar refractivity (Wildman–Crippen MR) is 128 cm³/mol. The standard InChI is InChI=1S/C26H31N3O5/c1-16-7-6-8-19(27-16)15-32-20-9-10-22-21(13-20)23(17(2)33-22)24(30)28-18-11-12-29(14-18)25(31)34-26(3,4)5/h6-10,13,18H,11-12,14-15H2,1-5H3,(H,28,30). The smallest absolute Gasteiger partial charge is 0.410 e. The molecule has 0 aliphatic carbocycles. The second-order valence-corrected chi connectivity index (χ2v) is 9.64. The fourth-order valence-electron chi connectivity index (χ4n) is 4.04. The first kappa shape index (κ1) is 23.6. The van der Waals surface area contributed by atoms with Crippen LogP contribution < -0.4 is 10.1 Å². The van der Waals surface area contributed by atoms with Gasteiger partial charge in [0.05, 0.1) is 11.3 Å². The first-order valence-corrected chi connectivity index (χ1v) is 11.5. The van der Waals surface area contributed by atoms with Crippen molar-refractivity contribution in [1.82, 2.24) is 15.2 Å². The molecule has 34 heavy (non-hydrogen) atoms. The summed E-state index contributed by atoms with van der Waals surface area (Å²) in [5.41, 5.74) is 2.30. The van der Waals surface area contributed by atoms with Gasteiger partial charge in [0.25, 0.3) is 5.91 Å². The van der Waals surface area contributed by atoms with E-state index in [0.717, 1.165) is 11.4 Å². The summed E-state index contributed by atoms with van der Waals surface area (Å²) in [6.07, 6.45) is 0.302. The van der Waals surface area contributed by atoms with Gasteiger partial charge in [-0.25, -0.2) is 4.79 Å². The number of rotatable bonds is 5. The average molecular weight is 466 g/mol. The number of benzene rings is 1. The van der Waals surface area contributed by atoms with Crippen LogP contribution in [0.1, 0.15) is 54.7 Å². The molecule has 1 aromatic carbocycles. The zero-order valence-electron chi connectivity index (χ0n) is 20.3. The Morgan fingerprint density at radius 3 is 2.74 bits per heavy atom. The molecule has 0 bridgehead atoms. The number of carbonyl (C=O) groups excluding carboxylic acids is 2. The van der Waals surface area contributed by atoms with E-state index < -0.39 is 5.60 Å². The molecule has 2 amide bonds. The lowest BCUT2D eigenvalue weighted by Gasteiger charge is -2.24. The molecule has 0 spiro atoms. The van der Waals surface area contributed by atoms with Gasteiger partial charge in [0.1, 0.15) is 29.3 Å². The Balaban J connectivity index is 1.44. The molecule has 180 valence electrons. The molecule has 0 radical (unpaired) electrons. The summed E-state index contributed by atoms with van der Waals surface area (Å²) in [6.45, 7) is 10.5. The first-order chi connectivity index (χ1) is 16.1. The number of carbonyl (C=O) groups is 2. The zero-order valence-corrected chi connectivity index (χ0v) is 20.3. The maximum Gasteiger partial charge on any atom is 0.410 e. The lowest BCUT2D eigenvalue weighted by molar-refractivity contribution is 0.0290. The number of ether oxygens (including phenoxy) is 2. The lowest BCUT2D eigenvalue weighted by atomic mass is 10.1. The van der Waals surface area contributed by atoms with Crippen molar-refractivity contribution in [2.75, 3.05) is 13.1 Å². The molecule has 0 saturated carbocycles. The average Bonchev–Trinajstić information content (AvgIpc) is 3.34. The van der Waals surface area contributed by atoms with Crippen LogP contribution in [-0.4, -0.2) is 46.6 Å². The molecule has 1 N–H and O–H groups in total. The number of furan rings is 1. The van der Waals surface area contributed by atoms with Gasteiger partial charge in [0.15, 0.2) is 0 Å². The highest BCUT2D eigenvalue weighted by atomic mass is 16.6. The highest BCUT2D eigenvalue weighted by Crippen LogP contribution is 2.30. The summed E-state index contributed by atoms with van der Waals surface area (Å²) >= 11 is 0. The second kappa shape index (κ2) is 9.37. The number of fused-ring (bicyclic) bond motifs is 1. The van der Waals surface area contributed by atoms with Gasteiger partial charge in [-0.15, -0.1) is 0 Å². The zero-order chi connectivity index (χ0) is 24.5. The van der Waals surface area contributed by atoms with Gasteiger partial charge in [-0.1, -0.05) is 6.07 Å². The number of hydrogen-bond donors (Lipinski definition) is 1. The molecule has 1 unspecified atom stereocenters. The normalized spacial score (nSPS) is 16.0. The van der Waals surface area contributed by atoms with Crippen LogP contribution in [0, 0.1) is 13.8 Å². The molecule has 1 fully saturated rings. The van der Waals surface area contributed by atoms with Gasteiger partial charge in [-0.2, -0.15) is 0 Å². The largest absolute Gasteiger partial charge is 0.487 e. The Morgan fingerprint density at radius 1 is 1.21 bits per heavy atom. The van der Waals surface area contributed by atoms with Crippen molar-refractivity contribution < 1.29 is 23.5 Å². The third-order valence-corrected chi connectivity index (χ3v) is 5.57. The summed E-state index contributed by atoms with van der Waals surface area (Å²) in [6, 6.07) is 11.1. The maximum absolute atomic E-state index is 13.2. The van der Waals surface area contributed by atoms with Crippen molar-refractivity contribution in [2.24, 2.45) is 0 Å². The van der Waals surface area contributed by atoms with E-state index in [1.54, 1.807) is 17.9 Å². The van der Waals surface area contributed by atoms with Crippen LogP contribution in [0.4, 0.5) is 4.79 Å². The SMILES string of the molecule is Cc1cccc(COc2ccc3oc(C)c(C(=O)NC4CCN(C(=O)OC(C)(C)C)C4)c3c2)n1. The highest BCUT2D eigenvalue weighted by molar-refractivity contribution is 6.07. The number of nitrogens with one attached hydrogen (secondary N) is 1. The van der Waals surface area contributed by atoms with Crippen molar-refractivity contribution in [3.8, 4) is 5.75 Å². The Labute approximate surface area is 199 Å². The Bertz CT molecular complexity index is 1210. The van der Waals surface area contributed by atoms with Crippen LogP contribution in [0.15, 0.2) is 40.8 Å². The van der Waals surface area contributed by atoms with Crippen molar-refractivity contribution >= 4 is 23.0 Å².